The summed E-state index contributed by atoms with van der Waals surface area (Å²) in [7, 11) is 1.59. The van der Waals surface area contributed by atoms with E-state index in [1.54, 1.807) is 18.6 Å². The lowest BCUT2D eigenvalue weighted by Crippen LogP contribution is -2.16. The third-order valence-electron chi connectivity index (χ3n) is 3.95. The van der Waals surface area contributed by atoms with Crippen LogP contribution in [0.5, 0.6) is 5.75 Å². The molecule has 0 atom stereocenters. The summed E-state index contributed by atoms with van der Waals surface area (Å²) in [5, 5.41) is 14.6. The van der Waals surface area contributed by atoms with Crippen LogP contribution in [0, 0.1) is 10.7 Å². The molecule has 0 fully saturated rings. The number of rotatable bonds is 5. The molecular weight excluding hydrogens is 799 g/mol. The lowest BCUT2D eigenvalue weighted by Gasteiger charge is -2.13. The van der Waals surface area contributed by atoms with Crippen molar-refractivity contribution in [3.8, 4) is 16.9 Å². The summed E-state index contributed by atoms with van der Waals surface area (Å²) in [5.41, 5.74) is 1.89. The van der Waals surface area contributed by atoms with Gasteiger partial charge in [-0.1, -0.05) is 28.1 Å². The number of anilines is 1. The van der Waals surface area contributed by atoms with Crippen molar-refractivity contribution in [3.05, 3.63) is 62.0 Å². The Morgan fingerprint density at radius 1 is 1.14 bits per heavy atom. The topological polar surface area (TPSA) is 75.6 Å². The molecular formula is C19H11BrI3NO4S. The predicted molar refractivity (Wildman–Crippen MR) is 144 cm³/mol. The number of carbonyl (C=O) groups is 2. The molecule has 0 aliphatic carbocycles. The van der Waals surface area contributed by atoms with E-state index in [0.717, 1.165) is 20.7 Å². The van der Waals surface area contributed by atoms with E-state index in [4.69, 9.17) is 4.74 Å². The number of nitrogens with one attached hydrogen (secondary N) is 1. The highest BCUT2D eigenvalue weighted by atomic mass is 127. The molecule has 0 spiro atoms. The summed E-state index contributed by atoms with van der Waals surface area (Å²) in [6, 6.07) is 9.10. The molecule has 0 saturated heterocycles. The Kier molecular flexibility index (Phi) is 7.83. The molecule has 3 aromatic rings. The number of amides is 1. The van der Waals surface area contributed by atoms with Gasteiger partial charge in [-0.3, -0.25) is 4.79 Å². The number of methoxy groups -OCH3 is 1. The molecule has 1 aromatic heterocycles. The Bertz CT molecular complexity index is 1120. The average Bonchev–Trinajstić information content (AvgIpc) is 3.09. The number of aromatic carboxylic acids is 1. The van der Waals surface area contributed by atoms with E-state index >= 15 is 0 Å². The van der Waals surface area contributed by atoms with Crippen LogP contribution in [0.4, 0.5) is 5.00 Å². The Hall–Kier alpha value is -0.450. The van der Waals surface area contributed by atoms with Gasteiger partial charge in [0, 0.05) is 19.0 Å². The second kappa shape index (κ2) is 9.78. The highest BCUT2D eigenvalue weighted by Gasteiger charge is 2.24. The van der Waals surface area contributed by atoms with Crippen LogP contribution in [0.25, 0.3) is 11.1 Å². The number of benzene rings is 2. The van der Waals surface area contributed by atoms with Crippen LogP contribution in [0.1, 0.15) is 20.7 Å². The third-order valence-corrected chi connectivity index (χ3v) is 9.36. The monoisotopic (exact) mass is 809 g/mol. The van der Waals surface area contributed by atoms with Crippen molar-refractivity contribution in [2.24, 2.45) is 0 Å². The quantitative estimate of drug-likeness (QED) is 0.216. The molecule has 10 heteroatoms. The smallest absolute Gasteiger partial charge is 0.339 e. The van der Waals surface area contributed by atoms with E-state index in [2.05, 4.69) is 89.0 Å². The molecule has 0 bridgehead atoms. The number of carboxylic acids is 1. The first-order valence-electron chi connectivity index (χ1n) is 7.88. The maximum atomic E-state index is 12.9. The summed E-state index contributed by atoms with van der Waals surface area (Å²) in [4.78, 5) is 24.9. The van der Waals surface area contributed by atoms with Crippen LogP contribution in [-0.4, -0.2) is 24.1 Å². The van der Waals surface area contributed by atoms with Gasteiger partial charge in [0.15, 0.2) is 0 Å². The van der Waals surface area contributed by atoms with E-state index in [1.165, 1.54) is 11.3 Å². The van der Waals surface area contributed by atoms with E-state index in [-0.39, 0.29) is 11.5 Å². The molecule has 0 unspecified atom stereocenters. The standard InChI is InChI=1S/C19H11BrI3NO4S/c1-28-16-12(21)6-10(14(22)15(16)23)17(25)24-18-13(19(26)27)11(7-29-18)8-2-4-9(20)5-3-8/h2-7H,1H3,(H,24,25)(H,26,27). The number of thiophene rings is 1. The molecule has 2 aromatic carbocycles. The predicted octanol–water partition coefficient (Wildman–Crippen LogP) is 6.95. The zero-order chi connectivity index (χ0) is 21.3. The number of halogens is 4. The number of hydrogen-bond donors (Lipinski definition) is 2. The second-order valence-electron chi connectivity index (χ2n) is 5.69. The van der Waals surface area contributed by atoms with Crippen LogP contribution in [0.3, 0.4) is 0 Å². The van der Waals surface area contributed by atoms with Crippen LogP contribution in [0.15, 0.2) is 40.2 Å². The largest absolute Gasteiger partial charge is 0.494 e. The molecule has 0 aliphatic rings. The van der Waals surface area contributed by atoms with Crippen LogP contribution in [-0.2, 0) is 0 Å². The molecule has 1 heterocycles. The van der Waals surface area contributed by atoms with Crippen molar-refractivity contribution in [1.82, 2.24) is 0 Å². The van der Waals surface area contributed by atoms with Gasteiger partial charge in [0.2, 0.25) is 0 Å². The highest BCUT2D eigenvalue weighted by molar-refractivity contribution is 14.1. The number of carboxylic acid groups (broad SMARTS) is 1. The normalized spacial score (nSPS) is 10.7. The first-order valence-corrected chi connectivity index (χ1v) is 12.8. The molecule has 5 nitrogen and oxygen atoms in total. The fourth-order valence-electron chi connectivity index (χ4n) is 2.61. The first kappa shape index (κ1) is 23.2. The summed E-state index contributed by atoms with van der Waals surface area (Å²) in [6.45, 7) is 0. The molecule has 1 amide bonds. The molecule has 0 radical (unpaired) electrons. The fourth-order valence-corrected chi connectivity index (χ4v) is 6.59. The number of ether oxygens (including phenoxy) is 1. The molecule has 2 N–H and O–H groups in total. The van der Waals surface area contributed by atoms with Gasteiger partial charge in [-0.2, -0.15) is 0 Å². The van der Waals surface area contributed by atoms with Gasteiger partial charge in [0.05, 0.1) is 19.8 Å². The van der Waals surface area contributed by atoms with Gasteiger partial charge in [0.25, 0.3) is 5.91 Å². The molecule has 0 aliphatic heterocycles. The summed E-state index contributed by atoms with van der Waals surface area (Å²) < 4.78 is 8.68. The van der Waals surface area contributed by atoms with Crippen molar-refractivity contribution >= 4 is 112 Å². The van der Waals surface area contributed by atoms with Gasteiger partial charge in [-0.25, -0.2) is 4.79 Å². The lowest BCUT2D eigenvalue weighted by molar-refractivity contribution is 0.0699. The maximum absolute atomic E-state index is 12.9. The molecule has 3 rings (SSSR count). The van der Waals surface area contributed by atoms with Gasteiger partial charge in [-0.05, 0) is 91.5 Å². The van der Waals surface area contributed by atoms with Crippen molar-refractivity contribution < 1.29 is 19.4 Å². The number of carbonyl (C=O) groups excluding carboxylic acids is 1. The summed E-state index contributed by atoms with van der Waals surface area (Å²) in [5.74, 6) is -0.736. The maximum Gasteiger partial charge on any atom is 0.339 e. The minimum Gasteiger partial charge on any atom is -0.494 e. The average molecular weight is 810 g/mol. The Balaban J connectivity index is 2.00. The zero-order valence-corrected chi connectivity index (χ0v) is 23.4. The van der Waals surface area contributed by atoms with E-state index in [9.17, 15) is 14.7 Å². The van der Waals surface area contributed by atoms with Gasteiger partial charge >= 0.3 is 5.97 Å². The molecule has 0 saturated carbocycles. The van der Waals surface area contributed by atoms with E-state index in [0.29, 0.717) is 21.9 Å². The van der Waals surface area contributed by atoms with Crippen molar-refractivity contribution in [2.75, 3.05) is 12.4 Å². The summed E-state index contributed by atoms with van der Waals surface area (Å²) >= 11 is 10.9. The molecule has 29 heavy (non-hydrogen) atoms. The third kappa shape index (κ3) is 4.91. The van der Waals surface area contributed by atoms with Gasteiger partial charge in [0.1, 0.15) is 16.3 Å². The Labute approximate surface area is 220 Å². The van der Waals surface area contributed by atoms with Gasteiger partial charge < -0.3 is 15.2 Å². The van der Waals surface area contributed by atoms with E-state index < -0.39 is 5.97 Å². The Morgan fingerprint density at radius 2 is 1.79 bits per heavy atom. The highest BCUT2D eigenvalue weighted by Crippen LogP contribution is 2.38. The van der Waals surface area contributed by atoms with Crippen LogP contribution >= 0.6 is 95.0 Å². The minimum atomic E-state index is -1.09. The minimum absolute atomic E-state index is 0.0820. The van der Waals surface area contributed by atoms with E-state index in [1.807, 2.05) is 24.3 Å². The van der Waals surface area contributed by atoms with Crippen molar-refractivity contribution in [1.29, 1.82) is 0 Å². The second-order valence-corrected chi connectivity index (χ2v) is 10.8. The molecule has 150 valence electrons. The van der Waals surface area contributed by atoms with Crippen LogP contribution < -0.4 is 10.1 Å². The van der Waals surface area contributed by atoms with Crippen molar-refractivity contribution in [2.45, 2.75) is 0 Å². The number of hydrogen-bond acceptors (Lipinski definition) is 4. The summed E-state index contributed by atoms with van der Waals surface area (Å²) in [6.07, 6.45) is 0. The van der Waals surface area contributed by atoms with Crippen LogP contribution in [0.2, 0.25) is 0 Å². The lowest BCUT2D eigenvalue weighted by atomic mass is 10.0. The fraction of sp³-hybridized carbons (Fsp3) is 0.0526. The first-order chi connectivity index (χ1) is 13.7. The SMILES string of the molecule is COc1c(I)cc(C(=O)Nc2scc(-c3ccc(Br)cc3)c2C(=O)O)c(I)c1I. The van der Waals surface area contributed by atoms with Gasteiger partial charge in [-0.15, -0.1) is 11.3 Å². The van der Waals surface area contributed by atoms with Crippen molar-refractivity contribution in [3.63, 3.8) is 0 Å². The zero-order valence-electron chi connectivity index (χ0n) is 14.6. The Morgan fingerprint density at radius 3 is 2.38 bits per heavy atom.